The van der Waals surface area contributed by atoms with E-state index in [1.165, 1.54) is 11.9 Å². The Labute approximate surface area is 114 Å². The number of carbonyl (C=O) groups excluding carboxylic acids is 1. The second-order valence-electron chi connectivity index (χ2n) is 4.31. The number of anilines is 1. The molecule has 1 amide bonds. The van der Waals surface area contributed by atoms with Crippen LogP contribution in [0.1, 0.15) is 12.0 Å². The summed E-state index contributed by atoms with van der Waals surface area (Å²) in [5.41, 5.74) is 0.656. The highest BCUT2D eigenvalue weighted by Crippen LogP contribution is 2.19. The fourth-order valence-electron chi connectivity index (χ4n) is 1.52. The molecule has 7 heteroatoms. The summed E-state index contributed by atoms with van der Waals surface area (Å²) in [6, 6.07) is 8.34. The van der Waals surface area contributed by atoms with Gasteiger partial charge in [-0.15, -0.1) is 0 Å². The quantitative estimate of drug-likeness (QED) is 0.903. The lowest BCUT2D eigenvalue weighted by molar-refractivity contribution is -0.138. The van der Waals surface area contributed by atoms with Crippen molar-refractivity contribution in [2.24, 2.45) is 0 Å². The summed E-state index contributed by atoms with van der Waals surface area (Å²) >= 11 is 0. The van der Waals surface area contributed by atoms with Crippen molar-refractivity contribution < 1.29 is 18.0 Å². The number of likely N-dealkylation sites (N-methyl/N-ethyl adjacent to an activating group) is 1. The fourth-order valence-corrected chi connectivity index (χ4v) is 1.52. The summed E-state index contributed by atoms with van der Waals surface area (Å²) in [5.74, 6) is -0.461. The molecule has 0 saturated carbocycles. The van der Waals surface area contributed by atoms with Gasteiger partial charge in [-0.2, -0.15) is 18.4 Å². The van der Waals surface area contributed by atoms with E-state index in [4.69, 9.17) is 5.26 Å². The van der Waals surface area contributed by atoms with Crippen molar-refractivity contribution in [2.45, 2.75) is 12.6 Å². The third-order valence-corrected chi connectivity index (χ3v) is 2.51. The van der Waals surface area contributed by atoms with Gasteiger partial charge in [0.2, 0.25) is 5.91 Å². The van der Waals surface area contributed by atoms with Crippen LogP contribution in [0.3, 0.4) is 0 Å². The van der Waals surface area contributed by atoms with Crippen molar-refractivity contribution >= 4 is 11.6 Å². The van der Waals surface area contributed by atoms with Crippen molar-refractivity contribution in [3.8, 4) is 6.07 Å². The molecule has 20 heavy (non-hydrogen) atoms. The SMILES string of the molecule is CN(CCC(F)(F)F)CC(=O)Nc1ccccc1C#N. The highest BCUT2D eigenvalue weighted by atomic mass is 19.4. The molecule has 0 atom stereocenters. The zero-order valence-corrected chi connectivity index (χ0v) is 10.9. The van der Waals surface area contributed by atoms with Gasteiger partial charge in [0.15, 0.2) is 0 Å². The predicted molar refractivity (Wildman–Crippen MR) is 68.0 cm³/mol. The second-order valence-corrected chi connectivity index (χ2v) is 4.31. The molecule has 1 aromatic carbocycles. The molecule has 1 aromatic rings. The zero-order valence-electron chi connectivity index (χ0n) is 10.9. The van der Waals surface area contributed by atoms with Crippen LogP contribution in [0.15, 0.2) is 24.3 Å². The molecule has 0 aliphatic rings. The van der Waals surface area contributed by atoms with Crippen molar-refractivity contribution in [2.75, 3.05) is 25.5 Å². The van der Waals surface area contributed by atoms with Crippen molar-refractivity contribution in [3.05, 3.63) is 29.8 Å². The van der Waals surface area contributed by atoms with E-state index in [0.29, 0.717) is 11.3 Å². The molecule has 0 aromatic heterocycles. The maximum atomic E-state index is 12.0. The summed E-state index contributed by atoms with van der Waals surface area (Å²) < 4.78 is 36.1. The van der Waals surface area contributed by atoms with E-state index in [-0.39, 0.29) is 13.1 Å². The Morgan fingerprint density at radius 2 is 2.05 bits per heavy atom. The van der Waals surface area contributed by atoms with Gasteiger partial charge in [0.25, 0.3) is 0 Å². The standard InChI is InChI=1S/C13H14F3N3O/c1-19(7-6-13(14,15)16)9-12(20)18-11-5-3-2-4-10(11)8-17/h2-5H,6-7,9H2,1H3,(H,18,20). The van der Waals surface area contributed by atoms with Crippen molar-refractivity contribution in [1.82, 2.24) is 4.90 Å². The van der Waals surface area contributed by atoms with Crippen LogP contribution < -0.4 is 5.32 Å². The van der Waals surface area contributed by atoms with Gasteiger partial charge in [0.05, 0.1) is 24.2 Å². The van der Waals surface area contributed by atoms with Crippen LogP contribution in [0.4, 0.5) is 18.9 Å². The summed E-state index contributed by atoms with van der Waals surface area (Å²) in [6.07, 6.45) is -5.20. The summed E-state index contributed by atoms with van der Waals surface area (Å²) in [5, 5.41) is 11.4. The Morgan fingerprint density at radius 3 is 2.65 bits per heavy atom. The summed E-state index contributed by atoms with van der Waals surface area (Å²) in [6.45, 7) is -0.424. The molecular formula is C13H14F3N3O. The van der Waals surface area contributed by atoms with Crippen LogP contribution >= 0.6 is 0 Å². The van der Waals surface area contributed by atoms with Gasteiger partial charge in [-0.1, -0.05) is 12.1 Å². The highest BCUT2D eigenvalue weighted by molar-refractivity contribution is 5.93. The summed E-state index contributed by atoms with van der Waals surface area (Å²) in [7, 11) is 1.43. The number of alkyl halides is 3. The Kier molecular flexibility index (Phi) is 5.53. The minimum atomic E-state index is -4.24. The molecule has 0 aliphatic heterocycles. The maximum Gasteiger partial charge on any atom is 0.390 e. The number of para-hydroxylation sites is 1. The third kappa shape index (κ3) is 5.71. The molecule has 1 rings (SSSR count). The number of rotatable bonds is 5. The van der Waals surface area contributed by atoms with Gasteiger partial charge in [-0.3, -0.25) is 9.69 Å². The average molecular weight is 285 g/mol. The van der Waals surface area contributed by atoms with E-state index in [1.807, 2.05) is 6.07 Å². The predicted octanol–water partition coefficient (Wildman–Crippen LogP) is 2.38. The minimum absolute atomic E-state index is 0.171. The zero-order chi connectivity index (χ0) is 15.2. The first-order valence-corrected chi connectivity index (χ1v) is 5.86. The smallest absolute Gasteiger partial charge is 0.324 e. The summed E-state index contributed by atoms with van der Waals surface area (Å²) in [4.78, 5) is 12.9. The van der Waals surface area contributed by atoms with E-state index < -0.39 is 18.5 Å². The Hall–Kier alpha value is -2.07. The molecule has 0 saturated heterocycles. The minimum Gasteiger partial charge on any atom is -0.324 e. The molecule has 0 spiro atoms. The number of benzene rings is 1. The first kappa shape index (κ1) is 16.0. The topological polar surface area (TPSA) is 56.1 Å². The lowest BCUT2D eigenvalue weighted by atomic mass is 10.2. The largest absolute Gasteiger partial charge is 0.390 e. The van der Waals surface area contributed by atoms with Crippen LogP contribution in [-0.2, 0) is 4.79 Å². The van der Waals surface area contributed by atoms with Gasteiger partial charge in [-0.05, 0) is 19.2 Å². The monoisotopic (exact) mass is 285 g/mol. The van der Waals surface area contributed by atoms with Gasteiger partial charge in [0, 0.05) is 6.54 Å². The van der Waals surface area contributed by atoms with Crippen LogP contribution in [0.5, 0.6) is 0 Å². The van der Waals surface area contributed by atoms with Crippen molar-refractivity contribution in [3.63, 3.8) is 0 Å². The van der Waals surface area contributed by atoms with Gasteiger partial charge >= 0.3 is 6.18 Å². The molecule has 108 valence electrons. The molecule has 0 heterocycles. The lowest BCUT2D eigenvalue weighted by Gasteiger charge is -2.17. The van der Waals surface area contributed by atoms with Crippen LogP contribution in [0.25, 0.3) is 0 Å². The molecular weight excluding hydrogens is 271 g/mol. The Bertz CT molecular complexity index is 508. The van der Waals surface area contributed by atoms with E-state index in [1.54, 1.807) is 24.3 Å². The van der Waals surface area contributed by atoms with Gasteiger partial charge < -0.3 is 5.32 Å². The molecule has 0 aliphatic carbocycles. The Morgan fingerprint density at radius 1 is 1.40 bits per heavy atom. The number of nitriles is 1. The number of nitrogens with zero attached hydrogens (tertiary/aromatic N) is 2. The van der Waals surface area contributed by atoms with E-state index in [0.717, 1.165) is 0 Å². The number of hydrogen-bond donors (Lipinski definition) is 1. The van der Waals surface area contributed by atoms with Crippen LogP contribution in [0.2, 0.25) is 0 Å². The Balaban J connectivity index is 2.50. The third-order valence-electron chi connectivity index (χ3n) is 2.51. The van der Waals surface area contributed by atoms with Crippen LogP contribution in [-0.4, -0.2) is 37.1 Å². The van der Waals surface area contributed by atoms with E-state index >= 15 is 0 Å². The number of carbonyl (C=O) groups is 1. The molecule has 0 radical (unpaired) electrons. The lowest BCUT2D eigenvalue weighted by Crippen LogP contribution is -2.32. The normalized spacial score (nSPS) is 11.2. The fraction of sp³-hybridized carbons (Fsp3) is 0.385. The van der Waals surface area contributed by atoms with E-state index in [2.05, 4.69) is 5.32 Å². The molecule has 0 bridgehead atoms. The highest BCUT2D eigenvalue weighted by Gasteiger charge is 2.27. The second kappa shape index (κ2) is 6.91. The number of halogens is 3. The number of hydrogen-bond acceptors (Lipinski definition) is 3. The molecule has 4 nitrogen and oxygen atoms in total. The number of amides is 1. The molecule has 1 N–H and O–H groups in total. The maximum absolute atomic E-state index is 12.0. The molecule has 0 fully saturated rings. The first-order valence-electron chi connectivity index (χ1n) is 5.86. The van der Waals surface area contributed by atoms with Crippen LogP contribution in [0, 0.1) is 11.3 Å². The number of nitrogens with one attached hydrogen (secondary N) is 1. The van der Waals surface area contributed by atoms with E-state index in [9.17, 15) is 18.0 Å². The molecule has 0 unspecified atom stereocenters. The van der Waals surface area contributed by atoms with Gasteiger partial charge in [-0.25, -0.2) is 0 Å². The van der Waals surface area contributed by atoms with Gasteiger partial charge in [0.1, 0.15) is 6.07 Å². The van der Waals surface area contributed by atoms with Crippen molar-refractivity contribution in [1.29, 1.82) is 5.26 Å². The first-order chi connectivity index (χ1) is 9.31. The average Bonchev–Trinajstić information content (AvgIpc) is 2.36.